The highest BCUT2D eigenvalue weighted by molar-refractivity contribution is 9.10. The van der Waals surface area contributed by atoms with Crippen LogP contribution >= 0.6 is 27.7 Å². The molecular weight excluding hydrogens is 416 g/mol. The standard InChI is InChI=1S/C19H17BrN2O3S/c1-24-16-7-6-12(20)10-14(16)19-22(8-9-26-19)18(23)11-15-13-4-2-3-5-17(13)25-21-15/h2-7,10,19H,8-9,11H2,1H3. The third-order valence-electron chi connectivity index (χ3n) is 4.44. The number of ether oxygens (including phenoxy) is 1. The number of hydrogen-bond donors (Lipinski definition) is 0. The predicted molar refractivity (Wildman–Crippen MR) is 105 cm³/mol. The third-order valence-corrected chi connectivity index (χ3v) is 6.18. The van der Waals surface area contributed by atoms with Gasteiger partial charge in [0.1, 0.15) is 16.8 Å². The number of amides is 1. The van der Waals surface area contributed by atoms with Crippen molar-refractivity contribution in [1.82, 2.24) is 10.1 Å². The second-order valence-corrected chi connectivity index (χ2v) is 8.10. The number of methoxy groups -OCH3 is 1. The lowest BCUT2D eigenvalue weighted by Gasteiger charge is -2.25. The fourth-order valence-corrected chi connectivity index (χ4v) is 4.86. The van der Waals surface area contributed by atoms with E-state index in [1.165, 1.54) is 0 Å². The van der Waals surface area contributed by atoms with Gasteiger partial charge in [-0.05, 0) is 30.3 Å². The van der Waals surface area contributed by atoms with Gasteiger partial charge in [-0.2, -0.15) is 0 Å². The number of rotatable bonds is 4. The fraction of sp³-hybridized carbons (Fsp3) is 0.263. The summed E-state index contributed by atoms with van der Waals surface area (Å²) in [5, 5.41) is 4.92. The van der Waals surface area contributed by atoms with Crippen molar-refractivity contribution in [3.63, 3.8) is 0 Å². The van der Waals surface area contributed by atoms with Crippen molar-refractivity contribution in [2.24, 2.45) is 0 Å². The molecule has 4 rings (SSSR count). The lowest BCUT2D eigenvalue weighted by molar-refractivity contribution is -0.130. The van der Waals surface area contributed by atoms with Crippen LogP contribution in [0.15, 0.2) is 51.5 Å². The molecule has 1 aliphatic heterocycles. The van der Waals surface area contributed by atoms with Crippen LogP contribution in [0.5, 0.6) is 5.75 Å². The highest BCUT2D eigenvalue weighted by atomic mass is 79.9. The summed E-state index contributed by atoms with van der Waals surface area (Å²) >= 11 is 5.26. The second-order valence-electron chi connectivity index (χ2n) is 6.00. The van der Waals surface area contributed by atoms with Gasteiger partial charge in [0.25, 0.3) is 0 Å². The van der Waals surface area contributed by atoms with E-state index < -0.39 is 0 Å². The van der Waals surface area contributed by atoms with Crippen molar-refractivity contribution in [3.05, 3.63) is 58.2 Å². The van der Waals surface area contributed by atoms with E-state index >= 15 is 0 Å². The number of fused-ring (bicyclic) bond motifs is 1. The van der Waals surface area contributed by atoms with Crippen molar-refractivity contribution in [1.29, 1.82) is 0 Å². The van der Waals surface area contributed by atoms with E-state index in [4.69, 9.17) is 9.26 Å². The highest BCUT2D eigenvalue weighted by Gasteiger charge is 2.33. The SMILES string of the molecule is COc1ccc(Br)cc1C1SCCN1C(=O)Cc1noc2ccccc12. The van der Waals surface area contributed by atoms with Gasteiger partial charge in [0.05, 0.1) is 13.5 Å². The lowest BCUT2D eigenvalue weighted by Crippen LogP contribution is -2.32. The summed E-state index contributed by atoms with van der Waals surface area (Å²) in [6.07, 6.45) is 0.227. The molecule has 7 heteroatoms. The molecule has 0 spiro atoms. The third kappa shape index (κ3) is 3.21. The molecule has 1 fully saturated rings. The van der Waals surface area contributed by atoms with E-state index in [1.54, 1.807) is 18.9 Å². The molecule has 5 nitrogen and oxygen atoms in total. The van der Waals surface area contributed by atoms with Crippen LogP contribution in [0.25, 0.3) is 11.0 Å². The Morgan fingerprint density at radius 1 is 1.38 bits per heavy atom. The minimum atomic E-state index is -0.0619. The maximum atomic E-state index is 13.0. The van der Waals surface area contributed by atoms with Crippen molar-refractivity contribution in [3.8, 4) is 5.75 Å². The molecule has 1 aliphatic rings. The van der Waals surface area contributed by atoms with Crippen LogP contribution in [-0.4, -0.2) is 35.4 Å². The Labute approximate surface area is 163 Å². The minimum Gasteiger partial charge on any atom is -0.496 e. The van der Waals surface area contributed by atoms with E-state index in [-0.39, 0.29) is 17.7 Å². The van der Waals surface area contributed by atoms with E-state index in [0.717, 1.165) is 26.9 Å². The first-order valence-corrected chi connectivity index (χ1v) is 10.1. The van der Waals surface area contributed by atoms with E-state index in [2.05, 4.69) is 21.1 Å². The summed E-state index contributed by atoms with van der Waals surface area (Å²) in [6, 6.07) is 13.5. The van der Waals surface area contributed by atoms with E-state index in [1.807, 2.05) is 47.4 Å². The van der Waals surface area contributed by atoms with Gasteiger partial charge in [0.15, 0.2) is 5.58 Å². The molecule has 1 amide bonds. The number of nitrogens with zero attached hydrogens (tertiary/aromatic N) is 2. The summed E-state index contributed by atoms with van der Waals surface area (Å²) < 4.78 is 11.8. The number of hydrogen-bond acceptors (Lipinski definition) is 5. The zero-order valence-electron chi connectivity index (χ0n) is 14.1. The van der Waals surface area contributed by atoms with Gasteiger partial charge in [-0.15, -0.1) is 11.8 Å². The average Bonchev–Trinajstić information content (AvgIpc) is 3.29. The summed E-state index contributed by atoms with van der Waals surface area (Å²) in [4.78, 5) is 14.9. The van der Waals surface area contributed by atoms with Crippen LogP contribution in [0.3, 0.4) is 0 Å². The Kier molecular flexibility index (Phi) is 4.91. The molecule has 1 aromatic heterocycles. The van der Waals surface area contributed by atoms with Crippen LogP contribution in [0.2, 0.25) is 0 Å². The monoisotopic (exact) mass is 432 g/mol. The number of thioether (sulfide) groups is 1. The first kappa shape index (κ1) is 17.4. The van der Waals surface area contributed by atoms with Gasteiger partial charge >= 0.3 is 0 Å². The van der Waals surface area contributed by atoms with Crippen molar-refractivity contribution < 1.29 is 14.1 Å². The summed E-state index contributed by atoms with van der Waals surface area (Å²) in [5.74, 6) is 1.73. The molecule has 3 aromatic rings. The molecule has 0 bridgehead atoms. The highest BCUT2D eigenvalue weighted by Crippen LogP contribution is 2.43. The zero-order valence-corrected chi connectivity index (χ0v) is 16.5. The van der Waals surface area contributed by atoms with E-state index in [9.17, 15) is 4.79 Å². The Morgan fingerprint density at radius 2 is 2.23 bits per heavy atom. The molecular formula is C19H17BrN2O3S. The normalized spacial score (nSPS) is 17.0. The van der Waals surface area contributed by atoms with Crippen LogP contribution in [0.4, 0.5) is 0 Å². The van der Waals surface area contributed by atoms with E-state index in [0.29, 0.717) is 17.8 Å². The van der Waals surface area contributed by atoms with Gasteiger partial charge < -0.3 is 14.2 Å². The molecule has 2 aromatic carbocycles. The molecule has 1 unspecified atom stereocenters. The Hall–Kier alpha value is -1.99. The quantitative estimate of drug-likeness (QED) is 0.610. The lowest BCUT2D eigenvalue weighted by atomic mass is 10.1. The number of benzene rings is 2. The van der Waals surface area contributed by atoms with Crippen LogP contribution in [-0.2, 0) is 11.2 Å². The zero-order chi connectivity index (χ0) is 18.1. The minimum absolute atomic E-state index is 0.0427. The molecule has 1 saturated heterocycles. The summed E-state index contributed by atoms with van der Waals surface area (Å²) in [7, 11) is 1.65. The Bertz CT molecular complexity index is 959. The molecule has 26 heavy (non-hydrogen) atoms. The maximum absolute atomic E-state index is 13.0. The van der Waals surface area contributed by atoms with Crippen molar-refractivity contribution in [2.75, 3.05) is 19.4 Å². The average molecular weight is 433 g/mol. The first-order valence-electron chi connectivity index (χ1n) is 8.25. The van der Waals surface area contributed by atoms with Gasteiger partial charge in [-0.3, -0.25) is 4.79 Å². The molecule has 0 saturated carbocycles. The number of carbonyl (C=O) groups is 1. The summed E-state index contributed by atoms with van der Waals surface area (Å²) in [6.45, 7) is 0.708. The number of carbonyl (C=O) groups excluding carboxylic acids is 1. The molecule has 1 atom stereocenters. The van der Waals surface area contributed by atoms with Gasteiger partial charge in [-0.1, -0.05) is 33.2 Å². The molecule has 0 radical (unpaired) electrons. The largest absolute Gasteiger partial charge is 0.496 e. The summed E-state index contributed by atoms with van der Waals surface area (Å²) in [5.41, 5.74) is 2.39. The maximum Gasteiger partial charge on any atom is 0.229 e. The van der Waals surface area contributed by atoms with Crippen LogP contribution in [0.1, 0.15) is 16.6 Å². The predicted octanol–water partition coefficient (Wildman–Crippen LogP) is 4.42. The topological polar surface area (TPSA) is 55.6 Å². The van der Waals surface area contributed by atoms with Crippen molar-refractivity contribution >= 4 is 44.6 Å². The second kappa shape index (κ2) is 7.32. The number of halogens is 1. The molecule has 0 N–H and O–H groups in total. The Morgan fingerprint density at radius 3 is 3.08 bits per heavy atom. The number of aromatic nitrogens is 1. The van der Waals surface area contributed by atoms with Gasteiger partial charge in [-0.25, -0.2) is 0 Å². The Balaban J connectivity index is 1.60. The smallest absolute Gasteiger partial charge is 0.229 e. The molecule has 2 heterocycles. The van der Waals surface area contributed by atoms with Gasteiger partial charge in [0.2, 0.25) is 5.91 Å². The fourth-order valence-electron chi connectivity index (χ4n) is 3.19. The molecule has 134 valence electrons. The number of para-hydroxylation sites is 1. The first-order chi connectivity index (χ1) is 12.7. The molecule has 0 aliphatic carbocycles. The van der Waals surface area contributed by atoms with Crippen LogP contribution < -0.4 is 4.74 Å². The van der Waals surface area contributed by atoms with Crippen molar-refractivity contribution in [2.45, 2.75) is 11.8 Å². The van der Waals surface area contributed by atoms with Gasteiger partial charge in [0, 0.05) is 27.7 Å². The van der Waals surface area contributed by atoms with Crippen LogP contribution in [0, 0.1) is 0 Å².